The quantitative estimate of drug-likeness (QED) is 0.355. The number of para-hydroxylation sites is 1. The fourth-order valence-electron chi connectivity index (χ4n) is 3.40. The molecular formula is C19H14BrN3O4. The Morgan fingerprint density at radius 2 is 2.04 bits per heavy atom. The van der Waals surface area contributed by atoms with Crippen molar-refractivity contribution in [2.75, 3.05) is 7.11 Å². The van der Waals surface area contributed by atoms with Crippen molar-refractivity contribution in [1.82, 2.24) is 9.55 Å². The Morgan fingerprint density at radius 1 is 1.26 bits per heavy atom. The minimum absolute atomic E-state index is 0.00143. The number of nitrogens with zero attached hydrogens (tertiary/aromatic N) is 2. The lowest BCUT2D eigenvalue weighted by Crippen LogP contribution is -2.00. The SMILES string of the molecule is COC(=O)c1ccc2[nH]c(-c3c(O)n(C)c4c(Br)cccc34)c(N=O)c2c1. The molecule has 0 saturated carbocycles. The number of hydrogen-bond acceptors (Lipinski definition) is 5. The van der Waals surface area contributed by atoms with Crippen LogP contribution in [-0.2, 0) is 11.8 Å². The summed E-state index contributed by atoms with van der Waals surface area (Å²) < 4.78 is 7.18. The number of rotatable bonds is 3. The fourth-order valence-corrected chi connectivity index (χ4v) is 4.03. The first-order valence-corrected chi connectivity index (χ1v) is 8.80. The van der Waals surface area contributed by atoms with E-state index in [9.17, 15) is 14.8 Å². The van der Waals surface area contributed by atoms with E-state index in [1.807, 2.05) is 18.2 Å². The number of esters is 1. The molecule has 0 amide bonds. The zero-order chi connectivity index (χ0) is 19.3. The van der Waals surface area contributed by atoms with Crippen LogP contribution in [0.2, 0.25) is 0 Å². The summed E-state index contributed by atoms with van der Waals surface area (Å²) in [6.07, 6.45) is 0. The van der Waals surface area contributed by atoms with Gasteiger partial charge < -0.3 is 19.4 Å². The third-order valence-electron chi connectivity index (χ3n) is 4.67. The van der Waals surface area contributed by atoms with Crippen LogP contribution in [0.25, 0.3) is 33.1 Å². The average molecular weight is 428 g/mol. The number of ether oxygens (including phenoxy) is 1. The van der Waals surface area contributed by atoms with Crippen LogP contribution in [0.3, 0.4) is 0 Å². The first-order chi connectivity index (χ1) is 13.0. The van der Waals surface area contributed by atoms with E-state index in [0.29, 0.717) is 27.7 Å². The molecule has 2 aromatic heterocycles. The average Bonchev–Trinajstić information content (AvgIpc) is 3.15. The number of nitrogens with one attached hydrogen (secondary N) is 1. The lowest BCUT2D eigenvalue weighted by Gasteiger charge is -2.00. The highest BCUT2D eigenvalue weighted by Crippen LogP contribution is 2.46. The summed E-state index contributed by atoms with van der Waals surface area (Å²) in [6.45, 7) is 0. The predicted molar refractivity (Wildman–Crippen MR) is 106 cm³/mol. The van der Waals surface area contributed by atoms with Gasteiger partial charge >= 0.3 is 5.97 Å². The molecule has 0 saturated heterocycles. The number of aromatic nitrogens is 2. The maximum Gasteiger partial charge on any atom is 0.337 e. The molecule has 2 aromatic carbocycles. The van der Waals surface area contributed by atoms with Crippen LogP contribution < -0.4 is 0 Å². The summed E-state index contributed by atoms with van der Waals surface area (Å²) in [6, 6.07) is 10.4. The standard InChI is InChI=1S/C19H14BrN3O4/c1-23-17-10(4-3-5-12(17)20)14(18(23)24)16-15(22-26)11-8-9(19(25)27-2)6-7-13(11)21-16/h3-8,21,24H,1-2H3. The van der Waals surface area contributed by atoms with Crippen molar-refractivity contribution in [3.63, 3.8) is 0 Å². The van der Waals surface area contributed by atoms with E-state index < -0.39 is 5.97 Å². The van der Waals surface area contributed by atoms with Crippen molar-refractivity contribution in [2.24, 2.45) is 12.2 Å². The van der Waals surface area contributed by atoms with Gasteiger partial charge in [0.2, 0.25) is 5.88 Å². The Morgan fingerprint density at radius 3 is 2.74 bits per heavy atom. The van der Waals surface area contributed by atoms with Crippen molar-refractivity contribution in [3.8, 4) is 17.1 Å². The number of aryl methyl sites for hydroxylation is 1. The van der Waals surface area contributed by atoms with Crippen LogP contribution in [-0.4, -0.2) is 27.7 Å². The van der Waals surface area contributed by atoms with E-state index in [-0.39, 0.29) is 11.6 Å². The van der Waals surface area contributed by atoms with Crippen molar-refractivity contribution in [3.05, 3.63) is 51.3 Å². The number of aromatic hydroxyl groups is 1. The summed E-state index contributed by atoms with van der Waals surface area (Å²) in [7, 11) is 3.03. The molecule has 0 atom stereocenters. The van der Waals surface area contributed by atoms with Gasteiger partial charge in [-0.3, -0.25) is 0 Å². The maximum absolute atomic E-state index is 11.8. The summed E-state index contributed by atoms with van der Waals surface area (Å²) in [5, 5.41) is 15.1. The van der Waals surface area contributed by atoms with Crippen LogP contribution >= 0.6 is 15.9 Å². The number of hydrogen-bond donors (Lipinski definition) is 2. The number of H-pyrrole nitrogens is 1. The molecule has 0 aliphatic carbocycles. The number of benzene rings is 2. The highest BCUT2D eigenvalue weighted by molar-refractivity contribution is 9.10. The zero-order valence-corrected chi connectivity index (χ0v) is 16.0. The molecule has 4 aromatic rings. The zero-order valence-electron chi connectivity index (χ0n) is 14.4. The van der Waals surface area contributed by atoms with Crippen molar-refractivity contribution >= 4 is 49.4 Å². The lowest BCUT2D eigenvalue weighted by atomic mass is 10.1. The molecule has 136 valence electrons. The van der Waals surface area contributed by atoms with Crippen molar-refractivity contribution < 1.29 is 14.6 Å². The van der Waals surface area contributed by atoms with Crippen molar-refractivity contribution in [2.45, 2.75) is 0 Å². The molecule has 0 fully saturated rings. The van der Waals surface area contributed by atoms with Crippen LogP contribution in [0.15, 0.2) is 46.0 Å². The lowest BCUT2D eigenvalue weighted by molar-refractivity contribution is 0.0601. The normalized spacial score (nSPS) is 11.2. The minimum atomic E-state index is -0.506. The highest BCUT2D eigenvalue weighted by atomic mass is 79.9. The van der Waals surface area contributed by atoms with E-state index in [2.05, 4.69) is 26.1 Å². The molecule has 0 spiro atoms. The van der Waals surface area contributed by atoms with Gasteiger partial charge in [-0.25, -0.2) is 4.79 Å². The smallest absolute Gasteiger partial charge is 0.337 e. The third kappa shape index (κ3) is 2.44. The van der Waals surface area contributed by atoms with Gasteiger partial charge in [-0.2, -0.15) is 0 Å². The summed E-state index contributed by atoms with van der Waals surface area (Å²) in [5.74, 6) is -0.505. The van der Waals surface area contributed by atoms with Crippen LogP contribution in [0.5, 0.6) is 5.88 Å². The Balaban J connectivity index is 2.07. The van der Waals surface area contributed by atoms with E-state index in [1.165, 1.54) is 7.11 Å². The summed E-state index contributed by atoms with van der Waals surface area (Å²) >= 11 is 3.49. The van der Waals surface area contributed by atoms with Crippen molar-refractivity contribution in [1.29, 1.82) is 0 Å². The van der Waals surface area contributed by atoms with Gasteiger partial charge in [0.1, 0.15) is 5.69 Å². The van der Waals surface area contributed by atoms with Crippen LogP contribution in [0, 0.1) is 4.91 Å². The number of halogens is 1. The van der Waals surface area contributed by atoms with Gasteiger partial charge in [0, 0.05) is 27.8 Å². The molecule has 2 N–H and O–H groups in total. The number of methoxy groups -OCH3 is 1. The molecule has 27 heavy (non-hydrogen) atoms. The second kappa shape index (κ2) is 6.24. The second-order valence-corrected chi connectivity index (χ2v) is 6.94. The highest BCUT2D eigenvalue weighted by Gasteiger charge is 2.24. The molecule has 0 aliphatic rings. The summed E-state index contributed by atoms with van der Waals surface area (Å²) in [4.78, 5) is 26.6. The van der Waals surface area contributed by atoms with Gasteiger partial charge in [-0.1, -0.05) is 12.1 Å². The number of carbonyl (C=O) groups is 1. The first kappa shape index (κ1) is 17.3. The topological polar surface area (TPSA) is 96.7 Å². The van der Waals surface area contributed by atoms with Crippen LogP contribution in [0.1, 0.15) is 10.4 Å². The largest absolute Gasteiger partial charge is 0.494 e. The molecule has 0 unspecified atom stereocenters. The maximum atomic E-state index is 11.8. The fraction of sp³-hybridized carbons (Fsp3) is 0.105. The number of nitroso groups, excluding NO2 is 1. The number of fused-ring (bicyclic) bond motifs is 2. The summed E-state index contributed by atoms with van der Waals surface area (Å²) in [5.41, 5.74) is 2.71. The van der Waals surface area contributed by atoms with Gasteiger partial charge in [0.25, 0.3) is 0 Å². The Labute approximate surface area is 161 Å². The van der Waals surface area contributed by atoms with Gasteiger partial charge in [0.05, 0.1) is 29.4 Å². The molecule has 4 rings (SSSR count). The Kier molecular flexibility index (Phi) is 4.00. The Hall–Kier alpha value is -3.13. The van der Waals surface area contributed by atoms with E-state index in [1.54, 1.807) is 29.8 Å². The van der Waals surface area contributed by atoms with Crippen LogP contribution in [0.4, 0.5) is 5.69 Å². The molecule has 0 bridgehead atoms. The molecule has 7 nitrogen and oxygen atoms in total. The van der Waals surface area contributed by atoms with Gasteiger partial charge in [0.15, 0.2) is 0 Å². The molecule has 8 heteroatoms. The van der Waals surface area contributed by atoms with Gasteiger partial charge in [-0.15, -0.1) is 4.91 Å². The molecule has 0 radical (unpaired) electrons. The third-order valence-corrected chi connectivity index (χ3v) is 5.31. The number of carbonyl (C=O) groups excluding carboxylic acids is 1. The predicted octanol–water partition coefficient (Wildman–Crippen LogP) is 4.98. The number of aromatic amines is 1. The molecule has 0 aliphatic heterocycles. The Bertz CT molecular complexity index is 1240. The van der Waals surface area contributed by atoms with E-state index in [0.717, 1.165) is 15.4 Å². The molecular weight excluding hydrogens is 414 g/mol. The minimum Gasteiger partial charge on any atom is -0.494 e. The first-order valence-electron chi connectivity index (χ1n) is 8.01. The van der Waals surface area contributed by atoms with E-state index in [4.69, 9.17) is 4.74 Å². The monoisotopic (exact) mass is 427 g/mol. The van der Waals surface area contributed by atoms with Gasteiger partial charge in [-0.05, 0) is 45.4 Å². The van der Waals surface area contributed by atoms with E-state index >= 15 is 0 Å². The molecule has 2 heterocycles. The second-order valence-electron chi connectivity index (χ2n) is 6.09.